The largest absolute Gasteiger partial charge is 0.0616 e. The van der Waals surface area contributed by atoms with Crippen LogP contribution in [0.15, 0.2) is 182 Å². The van der Waals surface area contributed by atoms with Gasteiger partial charge in [0.2, 0.25) is 0 Å². The van der Waals surface area contributed by atoms with E-state index in [-0.39, 0.29) is 0 Å². The van der Waals surface area contributed by atoms with Gasteiger partial charge >= 0.3 is 0 Å². The van der Waals surface area contributed by atoms with Crippen LogP contribution in [0.25, 0.3) is 98.0 Å². The van der Waals surface area contributed by atoms with Gasteiger partial charge in [-0.15, -0.1) is 0 Å². The Kier molecular flexibility index (Phi) is 5.98. The Morgan fingerprint density at radius 1 is 0.167 bits per heavy atom. The molecule has 0 nitrogen and oxygen atoms in total. The van der Waals surface area contributed by atoms with Crippen LogP contribution in [0.2, 0.25) is 0 Å². The summed E-state index contributed by atoms with van der Waals surface area (Å²) in [4.78, 5) is 0. The summed E-state index contributed by atoms with van der Waals surface area (Å²) < 4.78 is 0. The molecule has 0 heterocycles. The van der Waals surface area contributed by atoms with Gasteiger partial charge in [0, 0.05) is 0 Å². The summed E-state index contributed by atoms with van der Waals surface area (Å²) in [5, 5.41) is 15.3. The van der Waals surface area contributed by atoms with E-state index in [1.165, 1.54) is 98.0 Å². The van der Waals surface area contributed by atoms with E-state index in [0.717, 1.165) is 0 Å². The molecule has 48 heavy (non-hydrogen) atoms. The molecule has 0 bridgehead atoms. The summed E-state index contributed by atoms with van der Waals surface area (Å²) in [6, 6.07) is 67.4. The minimum atomic E-state index is 1.22. The van der Waals surface area contributed by atoms with Crippen molar-refractivity contribution in [3.63, 3.8) is 0 Å². The molecule has 0 saturated carbocycles. The zero-order valence-corrected chi connectivity index (χ0v) is 26.3. The second kappa shape index (κ2) is 10.7. The average molecular weight is 607 g/mol. The highest BCUT2D eigenvalue weighted by molar-refractivity contribution is 6.11. The maximum Gasteiger partial charge on any atom is -0.00992 e. The fourth-order valence-corrected chi connectivity index (χ4v) is 7.67. The van der Waals surface area contributed by atoms with Crippen LogP contribution in [0.3, 0.4) is 0 Å². The van der Waals surface area contributed by atoms with E-state index in [1.807, 2.05) is 0 Å². The molecule has 0 aromatic heterocycles. The topological polar surface area (TPSA) is 0 Å². The monoisotopic (exact) mass is 606 g/mol. The first kappa shape index (κ1) is 26.9. The van der Waals surface area contributed by atoms with Gasteiger partial charge in [-0.1, -0.05) is 146 Å². The van der Waals surface area contributed by atoms with E-state index < -0.39 is 0 Å². The Hall–Kier alpha value is -6.24. The Bertz CT molecular complexity index is 2560. The van der Waals surface area contributed by atoms with E-state index in [1.54, 1.807) is 0 Å². The van der Waals surface area contributed by atoms with Crippen molar-refractivity contribution in [1.82, 2.24) is 0 Å². The number of hydrogen-bond acceptors (Lipinski definition) is 0. The molecule has 0 atom stereocenters. The van der Waals surface area contributed by atoms with Crippen LogP contribution >= 0.6 is 0 Å². The molecule has 0 aliphatic heterocycles. The van der Waals surface area contributed by atoms with Gasteiger partial charge in [-0.2, -0.15) is 0 Å². The summed E-state index contributed by atoms with van der Waals surface area (Å²) >= 11 is 0. The molecule has 0 radical (unpaired) electrons. The lowest BCUT2D eigenvalue weighted by Crippen LogP contribution is -1.88. The van der Waals surface area contributed by atoms with Gasteiger partial charge in [-0.3, -0.25) is 0 Å². The van der Waals surface area contributed by atoms with E-state index in [9.17, 15) is 0 Å². The second-order valence-electron chi connectivity index (χ2n) is 13.0. The third-order valence-corrected chi connectivity index (χ3v) is 10.2. The van der Waals surface area contributed by atoms with Crippen molar-refractivity contribution in [2.75, 3.05) is 0 Å². The fraction of sp³-hybridized carbons (Fsp3) is 0. The van der Waals surface area contributed by atoms with Crippen LogP contribution in [0.1, 0.15) is 0 Å². The third-order valence-electron chi connectivity index (χ3n) is 10.2. The molecule has 0 N–H and O–H groups in total. The standard InChI is InChI=1S/C48H30/c1-4-10-43-31(7-1)13-16-34-19-22-37(28-46(34)43)40-25-41(38-23-20-35-17-14-32-8-2-5-11-44(32)47(35)29-38)27-42(26-40)39-24-21-36-18-15-33-9-3-6-12-45(33)48(36)30-39/h1-30H. The van der Waals surface area contributed by atoms with Crippen molar-refractivity contribution in [3.8, 4) is 33.4 Å². The highest BCUT2D eigenvalue weighted by atomic mass is 14.2. The summed E-state index contributed by atoms with van der Waals surface area (Å²) in [7, 11) is 0. The van der Waals surface area contributed by atoms with Crippen molar-refractivity contribution in [3.05, 3.63) is 182 Å². The zero-order valence-electron chi connectivity index (χ0n) is 26.3. The summed E-state index contributed by atoms with van der Waals surface area (Å²) in [5.41, 5.74) is 7.31. The van der Waals surface area contributed by atoms with Crippen molar-refractivity contribution < 1.29 is 0 Å². The molecular weight excluding hydrogens is 577 g/mol. The first-order chi connectivity index (χ1) is 23.7. The molecule has 0 unspecified atom stereocenters. The van der Waals surface area contributed by atoms with Crippen LogP contribution in [0.5, 0.6) is 0 Å². The van der Waals surface area contributed by atoms with Crippen LogP contribution in [-0.2, 0) is 0 Å². The second-order valence-corrected chi connectivity index (χ2v) is 13.0. The Morgan fingerprint density at radius 2 is 0.417 bits per heavy atom. The highest BCUT2D eigenvalue weighted by Gasteiger charge is 2.12. The zero-order chi connectivity index (χ0) is 31.6. The molecule has 10 rings (SSSR count). The van der Waals surface area contributed by atoms with Crippen LogP contribution < -0.4 is 0 Å². The normalized spacial score (nSPS) is 11.8. The number of fused-ring (bicyclic) bond motifs is 9. The molecule has 0 spiro atoms. The number of hydrogen-bond donors (Lipinski definition) is 0. The number of rotatable bonds is 3. The minimum Gasteiger partial charge on any atom is -0.0616 e. The first-order valence-corrected chi connectivity index (χ1v) is 16.7. The molecule has 0 amide bonds. The maximum absolute atomic E-state index is 2.38. The van der Waals surface area contributed by atoms with Gasteiger partial charge in [0.05, 0.1) is 0 Å². The summed E-state index contributed by atoms with van der Waals surface area (Å²) in [5.74, 6) is 0. The van der Waals surface area contributed by atoms with Crippen molar-refractivity contribution in [2.45, 2.75) is 0 Å². The Morgan fingerprint density at radius 3 is 0.729 bits per heavy atom. The summed E-state index contributed by atoms with van der Waals surface area (Å²) in [6.45, 7) is 0. The Balaban J connectivity index is 1.22. The fourth-order valence-electron chi connectivity index (χ4n) is 7.67. The third kappa shape index (κ3) is 4.38. The van der Waals surface area contributed by atoms with E-state index >= 15 is 0 Å². The molecule has 222 valence electrons. The van der Waals surface area contributed by atoms with Crippen LogP contribution in [0.4, 0.5) is 0 Å². The quantitative estimate of drug-likeness (QED) is 0.176. The van der Waals surface area contributed by atoms with E-state index in [0.29, 0.717) is 0 Å². The SMILES string of the molecule is c1ccc2c(c1)ccc1ccc(-c3cc(-c4ccc5ccc6ccccc6c5c4)cc(-c4ccc5ccc6ccccc6c5c4)c3)cc12. The van der Waals surface area contributed by atoms with Crippen molar-refractivity contribution in [2.24, 2.45) is 0 Å². The molecule has 0 aliphatic carbocycles. The maximum atomic E-state index is 2.38. The lowest BCUT2D eigenvalue weighted by Gasteiger charge is -2.14. The van der Waals surface area contributed by atoms with Gasteiger partial charge in [0.1, 0.15) is 0 Å². The molecule has 0 saturated heterocycles. The van der Waals surface area contributed by atoms with Crippen molar-refractivity contribution in [1.29, 1.82) is 0 Å². The minimum absolute atomic E-state index is 1.22. The summed E-state index contributed by atoms with van der Waals surface area (Å²) in [6.07, 6.45) is 0. The van der Waals surface area contributed by atoms with E-state index in [4.69, 9.17) is 0 Å². The van der Waals surface area contributed by atoms with Gasteiger partial charge in [-0.05, 0) is 134 Å². The van der Waals surface area contributed by atoms with Gasteiger partial charge in [-0.25, -0.2) is 0 Å². The molecule has 0 heteroatoms. The highest BCUT2D eigenvalue weighted by Crippen LogP contribution is 2.38. The van der Waals surface area contributed by atoms with Gasteiger partial charge < -0.3 is 0 Å². The predicted molar refractivity (Wildman–Crippen MR) is 208 cm³/mol. The molecule has 10 aromatic rings. The molecule has 10 aromatic carbocycles. The smallest absolute Gasteiger partial charge is 0.00992 e. The first-order valence-electron chi connectivity index (χ1n) is 16.7. The van der Waals surface area contributed by atoms with Crippen LogP contribution in [0, 0.1) is 0 Å². The molecule has 0 fully saturated rings. The molecular formula is C48H30. The van der Waals surface area contributed by atoms with Gasteiger partial charge in [0.25, 0.3) is 0 Å². The lowest BCUT2D eigenvalue weighted by atomic mass is 9.90. The number of benzene rings is 10. The predicted octanol–water partition coefficient (Wildman–Crippen LogP) is 13.6. The average Bonchev–Trinajstić information content (AvgIpc) is 3.17. The Labute approximate surface area is 279 Å². The van der Waals surface area contributed by atoms with Crippen LogP contribution in [-0.4, -0.2) is 0 Å². The lowest BCUT2D eigenvalue weighted by molar-refractivity contribution is 1.59. The van der Waals surface area contributed by atoms with Crippen molar-refractivity contribution >= 4 is 64.6 Å². The molecule has 0 aliphatic rings. The van der Waals surface area contributed by atoms with Gasteiger partial charge in [0.15, 0.2) is 0 Å². The van der Waals surface area contributed by atoms with E-state index in [2.05, 4.69) is 182 Å².